The van der Waals surface area contributed by atoms with E-state index in [0.29, 0.717) is 12.8 Å². The van der Waals surface area contributed by atoms with Crippen molar-refractivity contribution >= 4 is 5.91 Å². The van der Waals surface area contributed by atoms with Crippen molar-refractivity contribution in [1.82, 2.24) is 5.32 Å². The molecule has 0 aliphatic heterocycles. The van der Waals surface area contributed by atoms with Gasteiger partial charge in [0, 0.05) is 6.42 Å². The predicted octanol–water partition coefficient (Wildman–Crippen LogP) is 15.7. The highest BCUT2D eigenvalue weighted by molar-refractivity contribution is 5.76. The van der Waals surface area contributed by atoms with E-state index < -0.39 is 12.1 Å². The first-order chi connectivity index (χ1) is 29.2. The van der Waals surface area contributed by atoms with Gasteiger partial charge in [-0.15, -0.1) is 0 Å². The molecule has 3 N–H and O–H groups in total. The van der Waals surface area contributed by atoms with E-state index in [-0.39, 0.29) is 12.5 Å². The quantitative estimate of drug-likeness (QED) is 0.0425. The lowest BCUT2D eigenvalue weighted by Gasteiger charge is -2.22. The normalized spacial score (nSPS) is 14.0. The Labute approximate surface area is 365 Å². The zero-order valence-corrected chi connectivity index (χ0v) is 38.2. The van der Waals surface area contributed by atoms with Crippen molar-refractivity contribution in [3.8, 4) is 0 Å². The molecule has 0 rings (SSSR count). The van der Waals surface area contributed by atoms with Crippen molar-refractivity contribution in [1.29, 1.82) is 0 Å². The summed E-state index contributed by atoms with van der Waals surface area (Å²) in [4.78, 5) is 12.4. The van der Waals surface area contributed by atoms with Gasteiger partial charge in [0.15, 0.2) is 0 Å². The van der Waals surface area contributed by atoms with Crippen LogP contribution in [0.25, 0.3) is 0 Å². The molecule has 1 amide bonds. The van der Waals surface area contributed by atoms with Crippen LogP contribution in [0.5, 0.6) is 0 Å². The van der Waals surface area contributed by atoms with Crippen LogP contribution >= 0.6 is 0 Å². The number of amides is 1. The Kier molecular flexibility index (Phi) is 46.5. The van der Waals surface area contributed by atoms with Gasteiger partial charge in [0.2, 0.25) is 5.91 Å². The summed E-state index contributed by atoms with van der Waals surface area (Å²) in [6.07, 6.45) is 75.9. The van der Waals surface area contributed by atoms with E-state index in [2.05, 4.69) is 141 Å². The Hall–Kier alpha value is -3.21. The van der Waals surface area contributed by atoms with E-state index in [1.165, 1.54) is 77.0 Å². The molecule has 0 radical (unpaired) electrons. The van der Waals surface area contributed by atoms with Crippen molar-refractivity contribution in [2.75, 3.05) is 6.61 Å². The second kappa shape index (κ2) is 49.2. The maximum absolute atomic E-state index is 12.4. The van der Waals surface area contributed by atoms with Crippen molar-refractivity contribution in [2.24, 2.45) is 0 Å². The maximum Gasteiger partial charge on any atom is 0.220 e. The molecule has 0 spiro atoms. The Morgan fingerprint density at radius 1 is 0.424 bits per heavy atom. The smallest absolute Gasteiger partial charge is 0.220 e. The largest absolute Gasteiger partial charge is 0.394 e. The molecule has 0 saturated carbocycles. The number of rotatable bonds is 42. The molecule has 0 saturated heterocycles. The van der Waals surface area contributed by atoms with Crippen LogP contribution < -0.4 is 5.32 Å². The van der Waals surface area contributed by atoms with Crippen molar-refractivity contribution in [2.45, 2.75) is 212 Å². The van der Waals surface area contributed by atoms with Gasteiger partial charge in [-0.2, -0.15) is 0 Å². The summed E-state index contributed by atoms with van der Waals surface area (Å²) in [7, 11) is 0. The fourth-order valence-corrected chi connectivity index (χ4v) is 6.56. The molecular weight excluding hydrogens is 723 g/mol. The van der Waals surface area contributed by atoms with Crippen LogP contribution in [0.1, 0.15) is 200 Å². The minimum atomic E-state index is -0.667. The first-order valence-corrected chi connectivity index (χ1v) is 24.2. The highest BCUT2D eigenvalue weighted by atomic mass is 16.3. The molecular formula is C55H91NO3. The summed E-state index contributed by atoms with van der Waals surface area (Å²) < 4.78 is 0. The molecule has 0 aromatic carbocycles. The molecule has 0 aromatic heterocycles. The third kappa shape index (κ3) is 45.7. The van der Waals surface area contributed by atoms with E-state index in [0.717, 1.165) is 96.3 Å². The lowest BCUT2D eigenvalue weighted by atomic mass is 10.0. The molecule has 0 fully saturated rings. The molecule has 0 heterocycles. The molecule has 4 heteroatoms. The van der Waals surface area contributed by atoms with Crippen LogP contribution in [0.4, 0.5) is 0 Å². The van der Waals surface area contributed by atoms with Gasteiger partial charge in [0.1, 0.15) is 0 Å². The minimum absolute atomic E-state index is 0.0493. The lowest BCUT2D eigenvalue weighted by Crippen LogP contribution is -2.45. The average Bonchev–Trinajstić information content (AvgIpc) is 3.24. The zero-order chi connectivity index (χ0) is 42.8. The number of aliphatic hydroxyl groups is 2. The van der Waals surface area contributed by atoms with E-state index >= 15 is 0 Å². The van der Waals surface area contributed by atoms with Crippen LogP contribution in [0.2, 0.25) is 0 Å². The third-order valence-corrected chi connectivity index (χ3v) is 10.2. The molecule has 59 heavy (non-hydrogen) atoms. The van der Waals surface area contributed by atoms with Crippen LogP contribution in [-0.2, 0) is 4.79 Å². The van der Waals surface area contributed by atoms with E-state index in [1.807, 2.05) is 0 Å². The summed E-state index contributed by atoms with van der Waals surface area (Å²) in [5.41, 5.74) is 0. The molecule has 0 bridgehead atoms. The topological polar surface area (TPSA) is 69.6 Å². The molecule has 2 atom stereocenters. The van der Waals surface area contributed by atoms with Crippen LogP contribution in [0.15, 0.2) is 122 Å². The molecule has 4 nitrogen and oxygen atoms in total. The number of unbranched alkanes of at least 4 members (excludes halogenated alkanes) is 15. The third-order valence-electron chi connectivity index (χ3n) is 10.2. The second-order valence-electron chi connectivity index (χ2n) is 15.8. The van der Waals surface area contributed by atoms with Gasteiger partial charge in [-0.05, 0) is 89.9 Å². The summed E-state index contributed by atoms with van der Waals surface area (Å²) in [6, 6.07) is -0.546. The highest BCUT2D eigenvalue weighted by Crippen LogP contribution is 2.14. The minimum Gasteiger partial charge on any atom is -0.394 e. The molecule has 2 unspecified atom stereocenters. The van der Waals surface area contributed by atoms with Gasteiger partial charge in [-0.1, -0.05) is 225 Å². The number of nitrogens with one attached hydrogen (secondary N) is 1. The number of aliphatic hydroxyl groups excluding tert-OH is 2. The predicted molar refractivity (Wildman–Crippen MR) is 262 cm³/mol. The summed E-state index contributed by atoms with van der Waals surface area (Å²) >= 11 is 0. The Morgan fingerprint density at radius 2 is 0.746 bits per heavy atom. The van der Waals surface area contributed by atoms with Gasteiger partial charge in [-0.25, -0.2) is 0 Å². The molecule has 0 aromatic rings. The van der Waals surface area contributed by atoms with Crippen molar-refractivity contribution < 1.29 is 15.0 Å². The number of hydrogen-bond donors (Lipinski definition) is 3. The lowest BCUT2D eigenvalue weighted by molar-refractivity contribution is -0.123. The first-order valence-electron chi connectivity index (χ1n) is 24.2. The van der Waals surface area contributed by atoms with Crippen molar-refractivity contribution in [3.63, 3.8) is 0 Å². The van der Waals surface area contributed by atoms with Gasteiger partial charge >= 0.3 is 0 Å². The van der Waals surface area contributed by atoms with E-state index in [9.17, 15) is 15.0 Å². The Bertz CT molecular complexity index is 1200. The monoisotopic (exact) mass is 814 g/mol. The average molecular weight is 814 g/mol. The van der Waals surface area contributed by atoms with Gasteiger partial charge in [0.05, 0.1) is 18.8 Å². The van der Waals surface area contributed by atoms with E-state index in [4.69, 9.17) is 0 Å². The first kappa shape index (κ1) is 55.8. The Morgan fingerprint density at radius 3 is 1.12 bits per heavy atom. The summed E-state index contributed by atoms with van der Waals surface area (Å²) in [5.74, 6) is -0.0493. The maximum atomic E-state index is 12.4. The fourth-order valence-electron chi connectivity index (χ4n) is 6.56. The van der Waals surface area contributed by atoms with Gasteiger partial charge < -0.3 is 15.5 Å². The summed E-state index contributed by atoms with van der Waals surface area (Å²) in [5, 5.41) is 23.0. The standard InChI is InChI=1S/C55H91NO3/c1-3-5-7-9-11-13-14-15-16-17-18-19-20-21-22-23-24-25-26-27-28-29-30-31-32-33-34-35-36-37-38-39-40-41-42-43-45-47-49-51-55(59)56-53(52-57)54(58)50-48-46-44-12-10-8-6-4-2/h5,7,11,13,15-16,18-19,21-22,24-25,27-28,30-31,33-34,36-37,53-54,57-58H,3-4,6,8-10,12,14,17,20,23,26,29,32,35,38-52H2,1-2H3,(H,56,59)/b7-5-,13-11-,16-15-,19-18-,22-21-,25-24-,28-27-,31-30-,34-33-,37-36-. The van der Waals surface area contributed by atoms with E-state index in [1.54, 1.807) is 0 Å². The number of hydrogen-bond acceptors (Lipinski definition) is 3. The number of allylic oxidation sites excluding steroid dienone is 20. The fraction of sp³-hybridized carbons (Fsp3) is 0.618. The molecule has 0 aliphatic rings. The number of carbonyl (C=O) groups excluding carboxylic acids is 1. The Balaban J connectivity index is 3.62. The van der Waals surface area contributed by atoms with Gasteiger partial charge in [0.25, 0.3) is 0 Å². The number of carbonyl (C=O) groups is 1. The highest BCUT2D eigenvalue weighted by Gasteiger charge is 2.19. The second-order valence-corrected chi connectivity index (χ2v) is 15.8. The summed E-state index contributed by atoms with van der Waals surface area (Å²) in [6.45, 7) is 4.19. The zero-order valence-electron chi connectivity index (χ0n) is 38.2. The SMILES string of the molecule is CC/C=C\C/C=C\C/C=C\C/C=C\C/C=C\C/C=C\C/C=C\C/C=C\C/C=C\C/C=C\CCCCCCCCCCC(=O)NC(CO)C(O)CCCCCCCCCC. The van der Waals surface area contributed by atoms with Crippen LogP contribution in [0, 0.1) is 0 Å². The molecule has 334 valence electrons. The van der Waals surface area contributed by atoms with Gasteiger partial charge in [-0.3, -0.25) is 4.79 Å². The van der Waals surface area contributed by atoms with Crippen LogP contribution in [-0.4, -0.2) is 34.9 Å². The van der Waals surface area contributed by atoms with Crippen molar-refractivity contribution in [3.05, 3.63) is 122 Å². The van der Waals surface area contributed by atoms with Crippen LogP contribution in [0.3, 0.4) is 0 Å². The molecule has 0 aliphatic carbocycles.